The number of nitrogens with one attached hydrogen (secondary N) is 1. The maximum absolute atomic E-state index is 13.4. The molecule has 1 atom stereocenters. The third-order valence-electron chi connectivity index (χ3n) is 7.76. The summed E-state index contributed by atoms with van der Waals surface area (Å²) in [5, 5.41) is 4.59. The van der Waals surface area contributed by atoms with Crippen LogP contribution >= 0.6 is 23.2 Å². The van der Waals surface area contributed by atoms with Gasteiger partial charge in [-0.3, -0.25) is 4.79 Å². The minimum absolute atomic E-state index is 0.139. The summed E-state index contributed by atoms with van der Waals surface area (Å²) in [6.45, 7) is 5.65. The van der Waals surface area contributed by atoms with Crippen LogP contribution in [0.5, 0.6) is 0 Å². The number of rotatable bonds is 5. The number of carbonyl (C=O) groups is 1. The topological polar surface area (TPSA) is 51.7 Å². The van der Waals surface area contributed by atoms with Crippen LogP contribution in [0.3, 0.4) is 0 Å². The molecular weight excluding hydrogens is 505 g/mol. The van der Waals surface area contributed by atoms with Crippen molar-refractivity contribution < 1.29 is 4.79 Å². The Morgan fingerprint density at radius 1 is 0.946 bits per heavy atom. The number of likely N-dealkylation sites (tertiary alicyclic amines) is 2. The normalized spacial score (nSPS) is 19.7. The van der Waals surface area contributed by atoms with Gasteiger partial charge < -0.3 is 20.0 Å². The Morgan fingerprint density at radius 3 is 2.46 bits per heavy atom. The Hall–Kier alpha value is -2.80. The molecule has 0 saturated carbocycles. The van der Waals surface area contributed by atoms with Crippen LogP contribution in [0.2, 0.25) is 10.0 Å². The molecule has 4 heterocycles. The Morgan fingerprint density at radius 2 is 1.70 bits per heavy atom. The Kier molecular flexibility index (Phi) is 6.98. The number of carbonyl (C=O) groups excluding carboxylic acids is 1. The molecule has 8 heteroatoms. The van der Waals surface area contributed by atoms with Gasteiger partial charge in [0.05, 0.1) is 21.4 Å². The highest BCUT2D eigenvalue weighted by molar-refractivity contribution is 6.39. The number of anilines is 3. The van der Waals surface area contributed by atoms with E-state index in [4.69, 9.17) is 28.2 Å². The molecule has 2 aromatic carbocycles. The van der Waals surface area contributed by atoms with Crippen LogP contribution < -0.4 is 10.2 Å². The third-order valence-corrected chi connectivity index (χ3v) is 8.37. The highest BCUT2D eigenvalue weighted by atomic mass is 35.5. The number of benzene rings is 2. The molecule has 2 fully saturated rings. The van der Waals surface area contributed by atoms with E-state index in [2.05, 4.69) is 26.1 Å². The minimum Gasteiger partial charge on any atom is -0.367 e. The first kappa shape index (κ1) is 24.5. The first-order valence-corrected chi connectivity index (χ1v) is 13.9. The van der Waals surface area contributed by atoms with Crippen LogP contribution in [0.15, 0.2) is 54.7 Å². The van der Waals surface area contributed by atoms with Gasteiger partial charge in [-0.15, -0.1) is 0 Å². The van der Waals surface area contributed by atoms with Gasteiger partial charge >= 0.3 is 0 Å². The molecule has 6 rings (SSSR count). The van der Waals surface area contributed by atoms with E-state index in [1.807, 2.05) is 48.7 Å². The largest absolute Gasteiger partial charge is 0.367 e. The Labute approximate surface area is 228 Å². The fourth-order valence-electron chi connectivity index (χ4n) is 5.87. The second kappa shape index (κ2) is 10.5. The van der Waals surface area contributed by atoms with Gasteiger partial charge in [0, 0.05) is 49.5 Å². The van der Waals surface area contributed by atoms with Gasteiger partial charge in [-0.2, -0.15) is 0 Å². The average Bonchev–Trinajstić information content (AvgIpc) is 3.61. The Bertz CT molecular complexity index is 1270. The molecule has 3 aromatic rings. The quantitative estimate of drug-likeness (QED) is 0.414. The molecule has 1 N–H and O–H groups in total. The number of hydrogen-bond acceptors (Lipinski definition) is 5. The number of halogens is 2. The average molecular weight is 537 g/mol. The van der Waals surface area contributed by atoms with Crippen LogP contribution in [0.4, 0.5) is 17.2 Å². The summed E-state index contributed by atoms with van der Waals surface area (Å²) in [5.41, 5.74) is 4.46. The van der Waals surface area contributed by atoms with Crippen molar-refractivity contribution in [3.05, 3.63) is 70.3 Å². The van der Waals surface area contributed by atoms with E-state index in [-0.39, 0.29) is 5.91 Å². The molecule has 3 aliphatic heterocycles. The standard InChI is InChI=1S/C29H31Cl2N5O/c30-24-6-3-7-25(31)27(24)36-16-12-32-28-26(36)17-22(18-33-28)20-8-10-21(11-9-20)29(37)35-15-4-5-23(35)19-34-13-1-2-14-34/h3,6-11,17-18,23H,1-2,4-5,12-16,19H2,(H,32,33). The van der Waals surface area contributed by atoms with Crippen LogP contribution in [0.1, 0.15) is 36.0 Å². The van der Waals surface area contributed by atoms with Crippen LogP contribution in [-0.2, 0) is 0 Å². The van der Waals surface area contributed by atoms with Gasteiger partial charge in [0.15, 0.2) is 0 Å². The number of amides is 1. The van der Waals surface area contributed by atoms with E-state index in [1.165, 1.54) is 12.8 Å². The molecule has 2 saturated heterocycles. The van der Waals surface area contributed by atoms with Gasteiger partial charge in [-0.25, -0.2) is 4.98 Å². The van der Waals surface area contributed by atoms with Crippen molar-refractivity contribution in [2.75, 3.05) is 49.5 Å². The molecule has 0 aliphatic carbocycles. The highest BCUT2D eigenvalue weighted by Gasteiger charge is 2.31. The maximum atomic E-state index is 13.4. The molecule has 0 bridgehead atoms. The maximum Gasteiger partial charge on any atom is 0.254 e. The minimum atomic E-state index is 0.139. The lowest BCUT2D eigenvalue weighted by Crippen LogP contribution is -2.42. The fourth-order valence-corrected chi connectivity index (χ4v) is 6.47. The van der Waals surface area contributed by atoms with Crippen molar-refractivity contribution in [1.29, 1.82) is 0 Å². The zero-order chi connectivity index (χ0) is 25.4. The van der Waals surface area contributed by atoms with Gasteiger partial charge in [0.2, 0.25) is 0 Å². The summed E-state index contributed by atoms with van der Waals surface area (Å²) < 4.78 is 0. The number of pyridine rings is 1. The molecule has 6 nitrogen and oxygen atoms in total. The number of aromatic nitrogens is 1. The lowest BCUT2D eigenvalue weighted by molar-refractivity contribution is 0.0709. The van der Waals surface area contributed by atoms with E-state index in [9.17, 15) is 4.79 Å². The van der Waals surface area contributed by atoms with Crippen molar-refractivity contribution in [2.24, 2.45) is 0 Å². The first-order valence-electron chi connectivity index (χ1n) is 13.2. The lowest BCUT2D eigenvalue weighted by atomic mass is 10.0. The summed E-state index contributed by atoms with van der Waals surface area (Å²) >= 11 is 13.1. The molecule has 0 radical (unpaired) electrons. The van der Waals surface area contributed by atoms with Crippen LogP contribution in [0, 0.1) is 0 Å². The van der Waals surface area contributed by atoms with E-state index < -0.39 is 0 Å². The summed E-state index contributed by atoms with van der Waals surface area (Å²) in [7, 11) is 0. The van der Waals surface area contributed by atoms with E-state index in [0.717, 1.165) is 86.0 Å². The Balaban J connectivity index is 1.23. The predicted octanol–water partition coefficient (Wildman–Crippen LogP) is 6.32. The van der Waals surface area contributed by atoms with Gasteiger partial charge in [-0.1, -0.05) is 41.4 Å². The van der Waals surface area contributed by atoms with Crippen molar-refractivity contribution in [2.45, 2.75) is 31.7 Å². The molecule has 0 spiro atoms. The first-order chi connectivity index (χ1) is 18.1. The molecule has 192 valence electrons. The van der Waals surface area contributed by atoms with E-state index in [0.29, 0.717) is 16.1 Å². The highest BCUT2D eigenvalue weighted by Crippen LogP contribution is 2.42. The fraction of sp³-hybridized carbons (Fsp3) is 0.379. The van der Waals surface area contributed by atoms with E-state index in [1.54, 1.807) is 0 Å². The van der Waals surface area contributed by atoms with E-state index >= 15 is 0 Å². The molecule has 1 amide bonds. The van der Waals surface area contributed by atoms with Gasteiger partial charge in [-0.05, 0) is 74.7 Å². The number of nitrogens with zero attached hydrogens (tertiary/aromatic N) is 4. The smallest absolute Gasteiger partial charge is 0.254 e. The van der Waals surface area contributed by atoms with Crippen LogP contribution in [0.25, 0.3) is 11.1 Å². The summed E-state index contributed by atoms with van der Waals surface area (Å²) in [6.07, 6.45) is 6.61. The zero-order valence-corrected chi connectivity index (χ0v) is 22.3. The summed E-state index contributed by atoms with van der Waals surface area (Å²) in [4.78, 5) is 24.8. The predicted molar refractivity (Wildman–Crippen MR) is 151 cm³/mol. The molecular formula is C29H31Cl2N5O. The lowest BCUT2D eigenvalue weighted by Gasteiger charge is -2.32. The van der Waals surface area contributed by atoms with Gasteiger partial charge in [0.1, 0.15) is 5.82 Å². The van der Waals surface area contributed by atoms with Gasteiger partial charge in [0.25, 0.3) is 5.91 Å². The number of fused-ring (bicyclic) bond motifs is 1. The SMILES string of the molecule is O=C(c1ccc(-c2cnc3c(c2)N(c2c(Cl)cccc2Cl)CCN3)cc1)N1CCCC1CN1CCCC1. The summed E-state index contributed by atoms with van der Waals surface area (Å²) in [6, 6.07) is 15.9. The zero-order valence-electron chi connectivity index (χ0n) is 20.8. The van der Waals surface area contributed by atoms with Crippen molar-refractivity contribution in [3.63, 3.8) is 0 Å². The van der Waals surface area contributed by atoms with Crippen molar-refractivity contribution in [1.82, 2.24) is 14.8 Å². The monoisotopic (exact) mass is 535 g/mol. The second-order valence-corrected chi connectivity index (χ2v) is 10.9. The van der Waals surface area contributed by atoms with Crippen molar-refractivity contribution >= 4 is 46.3 Å². The second-order valence-electron chi connectivity index (χ2n) is 10.1. The molecule has 1 aromatic heterocycles. The molecule has 3 aliphatic rings. The molecule has 1 unspecified atom stereocenters. The third kappa shape index (κ3) is 4.90. The van der Waals surface area contributed by atoms with Crippen LogP contribution in [-0.4, -0.2) is 66.0 Å². The molecule has 37 heavy (non-hydrogen) atoms. The number of para-hydroxylation sites is 1. The van der Waals surface area contributed by atoms with Crippen molar-refractivity contribution in [3.8, 4) is 11.1 Å². The summed E-state index contributed by atoms with van der Waals surface area (Å²) in [5.74, 6) is 0.941. The number of hydrogen-bond donors (Lipinski definition) is 1.